The minimum atomic E-state index is 0.731. The van der Waals surface area contributed by atoms with Crippen LogP contribution in [-0.4, -0.2) is 17.4 Å². The van der Waals surface area contributed by atoms with Crippen LogP contribution in [0.4, 0.5) is 5.82 Å². The summed E-state index contributed by atoms with van der Waals surface area (Å²) in [4.78, 5) is 4.38. The predicted octanol–water partition coefficient (Wildman–Crippen LogP) is 3.58. The van der Waals surface area contributed by atoms with E-state index in [1.807, 2.05) is 19.1 Å². The van der Waals surface area contributed by atoms with E-state index >= 15 is 0 Å². The van der Waals surface area contributed by atoms with Crippen molar-refractivity contribution in [3.8, 4) is 0 Å². The average molecular weight is 278 g/mol. The highest BCUT2D eigenvalue weighted by atomic mass is 79.9. The zero-order chi connectivity index (χ0) is 10.4. The van der Waals surface area contributed by atoms with Gasteiger partial charge in [-0.15, -0.1) is 11.6 Å². The molecule has 0 aliphatic rings. The number of aryl methyl sites for hydroxylation is 1. The summed E-state index contributed by atoms with van der Waals surface area (Å²) in [5, 5.41) is 3.26. The maximum absolute atomic E-state index is 5.58. The van der Waals surface area contributed by atoms with E-state index in [1.54, 1.807) is 0 Å². The van der Waals surface area contributed by atoms with Gasteiger partial charge in [-0.25, -0.2) is 4.98 Å². The molecule has 0 saturated carbocycles. The summed E-state index contributed by atoms with van der Waals surface area (Å²) >= 11 is 8.99. The molecule has 1 aromatic heterocycles. The highest BCUT2D eigenvalue weighted by Crippen LogP contribution is 2.16. The van der Waals surface area contributed by atoms with Gasteiger partial charge < -0.3 is 5.32 Å². The number of hydrogen-bond acceptors (Lipinski definition) is 2. The fourth-order valence-electron chi connectivity index (χ4n) is 1.08. The van der Waals surface area contributed by atoms with Gasteiger partial charge in [0.05, 0.1) is 5.69 Å². The van der Waals surface area contributed by atoms with Crippen LogP contribution in [0.1, 0.15) is 18.5 Å². The molecule has 1 rings (SSSR count). The Morgan fingerprint density at radius 1 is 1.43 bits per heavy atom. The van der Waals surface area contributed by atoms with Gasteiger partial charge >= 0.3 is 0 Å². The Morgan fingerprint density at radius 2 is 2.21 bits per heavy atom. The summed E-state index contributed by atoms with van der Waals surface area (Å²) in [6.45, 7) is 2.91. The third-order valence-corrected chi connectivity index (χ3v) is 2.99. The second kappa shape index (κ2) is 6.25. The molecule has 2 nitrogen and oxygen atoms in total. The first-order chi connectivity index (χ1) is 6.74. The first-order valence-electron chi connectivity index (χ1n) is 4.67. The molecular formula is C10H14BrClN2. The minimum absolute atomic E-state index is 0.731. The molecule has 0 atom stereocenters. The molecule has 0 unspecified atom stereocenters. The molecule has 14 heavy (non-hydrogen) atoms. The van der Waals surface area contributed by atoms with Gasteiger partial charge in [-0.2, -0.15) is 0 Å². The zero-order valence-corrected chi connectivity index (χ0v) is 10.5. The van der Waals surface area contributed by atoms with Crippen LogP contribution in [0.5, 0.6) is 0 Å². The van der Waals surface area contributed by atoms with E-state index in [2.05, 4.69) is 26.2 Å². The Bertz CT molecular complexity index is 291. The summed E-state index contributed by atoms with van der Waals surface area (Å²) in [5.74, 6) is 1.66. The van der Waals surface area contributed by atoms with Crippen LogP contribution >= 0.6 is 27.5 Å². The fourth-order valence-corrected chi connectivity index (χ4v) is 1.49. The smallest absolute Gasteiger partial charge is 0.126 e. The molecular weight excluding hydrogens is 263 g/mol. The summed E-state index contributed by atoms with van der Waals surface area (Å²) in [5.41, 5.74) is 1.01. The average Bonchev–Trinajstić information content (AvgIpc) is 2.18. The molecule has 0 spiro atoms. The Labute approximate surface area is 98.2 Å². The number of hydrogen-bond donors (Lipinski definition) is 1. The topological polar surface area (TPSA) is 24.9 Å². The van der Waals surface area contributed by atoms with Gasteiger partial charge in [-0.3, -0.25) is 0 Å². The standard InChI is InChI=1S/C10H14BrClN2/c1-8-9(11)4-5-10(14-8)13-7-3-2-6-12/h4-5H,2-3,6-7H2,1H3,(H,13,14). The monoisotopic (exact) mass is 276 g/mol. The molecule has 0 radical (unpaired) electrons. The van der Waals surface area contributed by atoms with Gasteiger partial charge in [-0.05, 0) is 47.8 Å². The van der Waals surface area contributed by atoms with Crippen LogP contribution in [0.15, 0.2) is 16.6 Å². The summed E-state index contributed by atoms with van der Waals surface area (Å²) in [6, 6.07) is 3.98. The van der Waals surface area contributed by atoms with E-state index in [-0.39, 0.29) is 0 Å². The summed E-state index contributed by atoms with van der Waals surface area (Å²) < 4.78 is 1.05. The second-order valence-corrected chi connectivity index (χ2v) is 4.32. The molecule has 0 aliphatic carbocycles. The zero-order valence-electron chi connectivity index (χ0n) is 8.19. The maximum atomic E-state index is 5.58. The number of rotatable bonds is 5. The minimum Gasteiger partial charge on any atom is -0.370 e. The van der Waals surface area contributed by atoms with Crippen molar-refractivity contribution in [2.24, 2.45) is 0 Å². The molecule has 1 aromatic rings. The van der Waals surface area contributed by atoms with Gasteiger partial charge in [-0.1, -0.05) is 0 Å². The van der Waals surface area contributed by atoms with Crippen LogP contribution in [0.2, 0.25) is 0 Å². The Morgan fingerprint density at radius 3 is 2.86 bits per heavy atom. The number of nitrogens with one attached hydrogen (secondary N) is 1. The Kier molecular flexibility index (Phi) is 5.26. The molecule has 1 N–H and O–H groups in total. The van der Waals surface area contributed by atoms with Crippen molar-refractivity contribution in [2.75, 3.05) is 17.7 Å². The number of halogens is 2. The van der Waals surface area contributed by atoms with Crippen LogP contribution in [-0.2, 0) is 0 Å². The number of anilines is 1. The van der Waals surface area contributed by atoms with Crippen LogP contribution < -0.4 is 5.32 Å². The molecule has 0 saturated heterocycles. The molecule has 78 valence electrons. The lowest BCUT2D eigenvalue weighted by Gasteiger charge is -2.06. The lowest BCUT2D eigenvalue weighted by molar-refractivity contribution is 0.835. The molecule has 1 heterocycles. The summed E-state index contributed by atoms with van der Waals surface area (Å²) in [7, 11) is 0. The van der Waals surface area contributed by atoms with E-state index in [9.17, 15) is 0 Å². The summed E-state index contributed by atoms with van der Waals surface area (Å²) in [6.07, 6.45) is 2.13. The van der Waals surface area contributed by atoms with Crippen molar-refractivity contribution in [1.29, 1.82) is 0 Å². The first-order valence-corrected chi connectivity index (χ1v) is 6.00. The lowest BCUT2D eigenvalue weighted by atomic mass is 10.3. The highest BCUT2D eigenvalue weighted by molar-refractivity contribution is 9.10. The molecule has 0 aromatic carbocycles. The normalized spacial score (nSPS) is 10.2. The van der Waals surface area contributed by atoms with Crippen molar-refractivity contribution < 1.29 is 0 Å². The van der Waals surface area contributed by atoms with Crippen LogP contribution in [0.25, 0.3) is 0 Å². The van der Waals surface area contributed by atoms with Crippen molar-refractivity contribution in [3.63, 3.8) is 0 Å². The number of nitrogens with zero attached hydrogens (tertiary/aromatic N) is 1. The Balaban J connectivity index is 2.39. The van der Waals surface area contributed by atoms with Gasteiger partial charge in [0, 0.05) is 16.9 Å². The number of pyridine rings is 1. The fraction of sp³-hybridized carbons (Fsp3) is 0.500. The molecule has 0 amide bonds. The Hall–Kier alpha value is -0.280. The predicted molar refractivity (Wildman–Crippen MR) is 65.1 cm³/mol. The number of unbranched alkanes of at least 4 members (excludes halogenated alkanes) is 1. The van der Waals surface area contributed by atoms with E-state index < -0.39 is 0 Å². The van der Waals surface area contributed by atoms with E-state index in [0.717, 1.165) is 41.3 Å². The third kappa shape index (κ3) is 3.84. The van der Waals surface area contributed by atoms with Gasteiger partial charge in [0.25, 0.3) is 0 Å². The van der Waals surface area contributed by atoms with Gasteiger partial charge in [0.15, 0.2) is 0 Å². The third-order valence-electron chi connectivity index (χ3n) is 1.89. The quantitative estimate of drug-likeness (QED) is 0.657. The van der Waals surface area contributed by atoms with Crippen molar-refractivity contribution in [1.82, 2.24) is 4.98 Å². The highest BCUT2D eigenvalue weighted by Gasteiger charge is 1.97. The van der Waals surface area contributed by atoms with Crippen LogP contribution in [0, 0.1) is 6.92 Å². The molecule has 0 aliphatic heterocycles. The van der Waals surface area contributed by atoms with Crippen LogP contribution in [0.3, 0.4) is 0 Å². The molecule has 0 bridgehead atoms. The number of aromatic nitrogens is 1. The van der Waals surface area contributed by atoms with Crippen molar-refractivity contribution in [3.05, 3.63) is 22.3 Å². The maximum Gasteiger partial charge on any atom is 0.126 e. The van der Waals surface area contributed by atoms with E-state index in [1.165, 1.54) is 0 Å². The van der Waals surface area contributed by atoms with E-state index in [0.29, 0.717) is 0 Å². The first kappa shape index (κ1) is 11.8. The lowest BCUT2D eigenvalue weighted by Crippen LogP contribution is -2.04. The molecule has 0 fully saturated rings. The van der Waals surface area contributed by atoms with Gasteiger partial charge in [0.2, 0.25) is 0 Å². The van der Waals surface area contributed by atoms with Crippen molar-refractivity contribution >= 4 is 33.3 Å². The number of alkyl halides is 1. The van der Waals surface area contributed by atoms with Crippen molar-refractivity contribution in [2.45, 2.75) is 19.8 Å². The second-order valence-electron chi connectivity index (χ2n) is 3.09. The van der Waals surface area contributed by atoms with E-state index in [4.69, 9.17) is 11.6 Å². The SMILES string of the molecule is Cc1nc(NCCCCCl)ccc1Br. The molecule has 4 heteroatoms. The largest absolute Gasteiger partial charge is 0.370 e. The van der Waals surface area contributed by atoms with Gasteiger partial charge in [0.1, 0.15) is 5.82 Å².